The lowest BCUT2D eigenvalue weighted by molar-refractivity contribution is -0.126. The largest absolute Gasteiger partial charge is 0.371 e. The molecule has 0 atom stereocenters. The van der Waals surface area contributed by atoms with Gasteiger partial charge in [-0.1, -0.05) is 44.2 Å². The maximum Gasteiger partial charge on any atom is 0.246 e. The molecule has 0 aromatic heterocycles. The van der Waals surface area contributed by atoms with E-state index in [0.717, 1.165) is 13.1 Å². The van der Waals surface area contributed by atoms with Crippen LogP contribution >= 0.6 is 0 Å². The molecule has 0 radical (unpaired) electrons. The number of ether oxygens (including phenoxy) is 1. The molecule has 0 heterocycles. The molecule has 2 N–H and O–H groups in total. The second-order valence-electron chi connectivity index (χ2n) is 5.68. The van der Waals surface area contributed by atoms with E-state index in [1.807, 2.05) is 24.3 Å². The molecule has 5 nitrogen and oxygen atoms in total. The number of hydrogen-bond acceptors (Lipinski definition) is 4. The number of nitrogens with one attached hydrogen (secondary N) is 2. The maximum absolute atomic E-state index is 11.3. The van der Waals surface area contributed by atoms with Crippen LogP contribution < -0.4 is 10.6 Å². The molecule has 0 spiro atoms. The summed E-state index contributed by atoms with van der Waals surface area (Å²) in [6.45, 7) is 6.26. The van der Waals surface area contributed by atoms with Crippen LogP contribution in [0.1, 0.15) is 19.4 Å². The first-order valence-electron chi connectivity index (χ1n) is 6.99. The Labute approximate surface area is 126 Å². The molecule has 21 heavy (non-hydrogen) atoms. The van der Waals surface area contributed by atoms with E-state index < -0.39 is 0 Å². The minimum atomic E-state index is -0.260. The smallest absolute Gasteiger partial charge is 0.246 e. The first kappa shape index (κ1) is 17.2. The van der Waals surface area contributed by atoms with Crippen LogP contribution in [-0.2, 0) is 16.1 Å². The Balaban J connectivity index is 2.18. The average Bonchev–Trinajstić information content (AvgIpc) is 2.46. The molecule has 0 bridgehead atoms. The van der Waals surface area contributed by atoms with E-state index in [1.165, 1.54) is 5.56 Å². The van der Waals surface area contributed by atoms with Crippen LogP contribution in [0.4, 0.5) is 0 Å². The zero-order valence-electron chi connectivity index (χ0n) is 12.7. The SMILES string of the molecule is CC(C)(CNCc1ccccc1)COCC(=O)NCC#N. The molecule has 1 rings (SSSR count). The van der Waals surface area contributed by atoms with Gasteiger partial charge in [-0.3, -0.25) is 4.79 Å². The van der Waals surface area contributed by atoms with E-state index in [1.54, 1.807) is 0 Å². The van der Waals surface area contributed by atoms with Crippen LogP contribution in [-0.4, -0.2) is 32.2 Å². The fourth-order valence-electron chi connectivity index (χ4n) is 1.80. The summed E-state index contributed by atoms with van der Waals surface area (Å²) in [4.78, 5) is 11.3. The first-order chi connectivity index (χ1) is 10.0. The van der Waals surface area contributed by atoms with Crippen molar-refractivity contribution >= 4 is 5.91 Å². The summed E-state index contributed by atoms with van der Waals surface area (Å²) in [5, 5.41) is 14.2. The van der Waals surface area contributed by atoms with Crippen molar-refractivity contribution in [2.24, 2.45) is 5.41 Å². The molecular weight excluding hydrogens is 266 g/mol. The fourth-order valence-corrected chi connectivity index (χ4v) is 1.80. The summed E-state index contributed by atoms with van der Waals surface area (Å²) in [5.74, 6) is -0.260. The lowest BCUT2D eigenvalue weighted by Crippen LogP contribution is -2.35. The number of rotatable bonds is 9. The van der Waals surface area contributed by atoms with Gasteiger partial charge in [0.05, 0.1) is 12.7 Å². The molecule has 114 valence electrons. The topological polar surface area (TPSA) is 74.2 Å². The van der Waals surface area contributed by atoms with Crippen molar-refractivity contribution in [3.05, 3.63) is 35.9 Å². The minimum Gasteiger partial charge on any atom is -0.371 e. The Morgan fingerprint density at radius 3 is 2.71 bits per heavy atom. The summed E-state index contributed by atoms with van der Waals surface area (Å²) in [5.41, 5.74) is 1.18. The number of carbonyl (C=O) groups is 1. The van der Waals surface area contributed by atoms with Crippen molar-refractivity contribution in [3.63, 3.8) is 0 Å². The van der Waals surface area contributed by atoms with Gasteiger partial charge in [0.15, 0.2) is 0 Å². The summed E-state index contributed by atoms with van der Waals surface area (Å²) in [7, 11) is 0. The van der Waals surface area contributed by atoms with Gasteiger partial charge in [-0.15, -0.1) is 0 Å². The van der Waals surface area contributed by atoms with Gasteiger partial charge in [-0.05, 0) is 5.56 Å². The third kappa shape index (κ3) is 8.08. The fraction of sp³-hybridized carbons (Fsp3) is 0.500. The van der Waals surface area contributed by atoms with Crippen LogP contribution in [0.3, 0.4) is 0 Å². The van der Waals surface area contributed by atoms with Crippen LogP contribution in [0.25, 0.3) is 0 Å². The number of benzene rings is 1. The van der Waals surface area contributed by atoms with Crippen LogP contribution in [0.2, 0.25) is 0 Å². The molecule has 1 amide bonds. The predicted molar refractivity (Wildman–Crippen MR) is 81.4 cm³/mol. The normalized spacial score (nSPS) is 10.9. The highest BCUT2D eigenvalue weighted by molar-refractivity contribution is 5.77. The number of carbonyl (C=O) groups excluding carboxylic acids is 1. The predicted octanol–water partition coefficient (Wildman–Crippen LogP) is 1.46. The lowest BCUT2D eigenvalue weighted by Gasteiger charge is -2.24. The van der Waals surface area contributed by atoms with Crippen LogP contribution in [0.15, 0.2) is 30.3 Å². The highest BCUT2D eigenvalue weighted by Gasteiger charge is 2.18. The zero-order chi connectivity index (χ0) is 15.6. The van der Waals surface area contributed by atoms with Gasteiger partial charge in [0.1, 0.15) is 13.2 Å². The molecule has 0 aliphatic heterocycles. The quantitative estimate of drug-likeness (QED) is 0.675. The van der Waals surface area contributed by atoms with Gasteiger partial charge in [-0.25, -0.2) is 0 Å². The van der Waals surface area contributed by atoms with E-state index in [4.69, 9.17) is 10.00 Å². The van der Waals surface area contributed by atoms with E-state index >= 15 is 0 Å². The van der Waals surface area contributed by atoms with E-state index in [2.05, 4.69) is 36.6 Å². The molecule has 0 fully saturated rings. The summed E-state index contributed by atoms with van der Waals surface area (Å²) in [6.07, 6.45) is 0. The second-order valence-corrected chi connectivity index (χ2v) is 5.68. The Hall–Kier alpha value is -1.90. The standard InChI is InChI=1S/C16H23N3O2/c1-16(2,13-21-11-15(20)19-9-8-17)12-18-10-14-6-4-3-5-7-14/h3-7,18H,9-13H2,1-2H3,(H,19,20). The van der Waals surface area contributed by atoms with Crippen LogP contribution in [0, 0.1) is 16.7 Å². The third-order valence-corrected chi connectivity index (χ3v) is 2.87. The molecule has 0 unspecified atom stereocenters. The molecular formula is C16H23N3O2. The molecule has 5 heteroatoms. The highest BCUT2D eigenvalue weighted by atomic mass is 16.5. The van der Waals surface area contributed by atoms with Crippen molar-refractivity contribution < 1.29 is 9.53 Å². The Morgan fingerprint density at radius 1 is 1.33 bits per heavy atom. The molecule has 1 aromatic carbocycles. The second kappa shape index (κ2) is 9.11. The van der Waals surface area contributed by atoms with Gasteiger partial charge in [0, 0.05) is 18.5 Å². The number of nitrogens with zero attached hydrogens (tertiary/aromatic N) is 1. The lowest BCUT2D eigenvalue weighted by atomic mass is 9.95. The van der Waals surface area contributed by atoms with Crippen LogP contribution in [0.5, 0.6) is 0 Å². The van der Waals surface area contributed by atoms with Gasteiger partial charge < -0.3 is 15.4 Å². The molecule has 0 aliphatic rings. The van der Waals surface area contributed by atoms with E-state index in [9.17, 15) is 4.79 Å². The van der Waals surface area contributed by atoms with Gasteiger partial charge in [0.25, 0.3) is 0 Å². The van der Waals surface area contributed by atoms with Gasteiger partial charge in [-0.2, -0.15) is 5.26 Å². The molecule has 0 aliphatic carbocycles. The molecule has 0 saturated heterocycles. The molecule has 1 aromatic rings. The van der Waals surface area contributed by atoms with Gasteiger partial charge in [0.2, 0.25) is 5.91 Å². The van der Waals surface area contributed by atoms with Crippen molar-refractivity contribution in [1.29, 1.82) is 5.26 Å². The van der Waals surface area contributed by atoms with Crippen molar-refractivity contribution in [3.8, 4) is 6.07 Å². The Morgan fingerprint density at radius 2 is 2.05 bits per heavy atom. The minimum absolute atomic E-state index is 0.0101. The first-order valence-corrected chi connectivity index (χ1v) is 6.99. The molecule has 0 saturated carbocycles. The third-order valence-electron chi connectivity index (χ3n) is 2.87. The zero-order valence-corrected chi connectivity index (χ0v) is 12.7. The Kier molecular flexibility index (Phi) is 7.44. The average molecular weight is 289 g/mol. The van der Waals surface area contributed by atoms with Crippen molar-refractivity contribution in [1.82, 2.24) is 10.6 Å². The van der Waals surface area contributed by atoms with E-state index in [-0.39, 0.29) is 24.5 Å². The summed E-state index contributed by atoms with van der Waals surface area (Å²) < 4.78 is 5.40. The van der Waals surface area contributed by atoms with Crippen molar-refractivity contribution in [2.45, 2.75) is 20.4 Å². The highest BCUT2D eigenvalue weighted by Crippen LogP contribution is 2.14. The number of hydrogen-bond donors (Lipinski definition) is 2. The van der Waals surface area contributed by atoms with Crippen molar-refractivity contribution in [2.75, 3.05) is 26.3 Å². The summed E-state index contributed by atoms with van der Waals surface area (Å²) in [6, 6.07) is 12.0. The number of amides is 1. The Bertz CT molecular complexity index is 466. The van der Waals surface area contributed by atoms with Gasteiger partial charge >= 0.3 is 0 Å². The monoisotopic (exact) mass is 289 g/mol. The maximum atomic E-state index is 11.3. The summed E-state index contributed by atoms with van der Waals surface area (Å²) >= 11 is 0. The van der Waals surface area contributed by atoms with E-state index in [0.29, 0.717) is 6.61 Å². The number of nitriles is 1.